The number of nitrogens with two attached hydrogens (primary N) is 1. The molecule has 1 amide bonds. The van der Waals surface area contributed by atoms with E-state index in [1.165, 1.54) is 0 Å². The molecule has 6 nitrogen and oxygen atoms in total. The van der Waals surface area contributed by atoms with Gasteiger partial charge in [0.15, 0.2) is 0 Å². The lowest BCUT2D eigenvalue weighted by Crippen LogP contribution is -2.32. The second-order valence-corrected chi connectivity index (χ2v) is 5.13. The van der Waals surface area contributed by atoms with Crippen LogP contribution in [0.25, 0.3) is 11.0 Å². The van der Waals surface area contributed by atoms with Crippen LogP contribution in [0.3, 0.4) is 0 Å². The van der Waals surface area contributed by atoms with Gasteiger partial charge in [0.25, 0.3) is 0 Å². The largest absolute Gasteiger partial charge is 0.370 e. The molecular formula is C14H20Cl2N4O2. The topological polar surface area (TPSA) is 93.0 Å². The summed E-state index contributed by atoms with van der Waals surface area (Å²) in [5, 5.41) is 2.77. The maximum absolute atomic E-state index is 11.6. The fraction of sp³-hybridized carbons (Fsp3) is 0.429. The molecule has 1 aromatic heterocycles. The van der Waals surface area contributed by atoms with E-state index in [1.54, 1.807) is 6.92 Å². The van der Waals surface area contributed by atoms with E-state index in [-0.39, 0.29) is 36.8 Å². The van der Waals surface area contributed by atoms with E-state index < -0.39 is 6.04 Å². The van der Waals surface area contributed by atoms with Gasteiger partial charge in [0.1, 0.15) is 11.9 Å². The van der Waals surface area contributed by atoms with Crippen LogP contribution in [0, 0.1) is 0 Å². The molecule has 4 N–H and O–H groups in total. The number of aromatic amines is 1. The van der Waals surface area contributed by atoms with Crippen molar-refractivity contribution in [2.75, 3.05) is 11.9 Å². The van der Waals surface area contributed by atoms with Crippen LogP contribution in [0.15, 0.2) is 18.2 Å². The quantitative estimate of drug-likeness (QED) is 0.795. The summed E-state index contributed by atoms with van der Waals surface area (Å²) in [5.41, 5.74) is 8.00. The van der Waals surface area contributed by atoms with Gasteiger partial charge in [-0.25, -0.2) is 4.98 Å². The highest BCUT2D eigenvalue weighted by Crippen LogP contribution is 2.28. The van der Waals surface area contributed by atoms with Crippen LogP contribution in [0.5, 0.6) is 0 Å². The smallest absolute Gasteiger partial charge is 0.240 e. The zero-order valence-electron chi connectivity index (χ0n) is 12.2. The second-order valence-electron chi connectivity index (χ2n) is 5.13. The Bertz CT molecular complexity index is 639. The van der Waals surface area contributed by atoms with E-state index in [0.29, 0.717) is 5.69 Å². The van der Waals surface area contributed by atoms with E-state index in [2.05, 4.69) is 15.3 Å². The fourth-order valence-electron chi connectivity index (χ4n) is 2.31. The van der Waals surface area contributed by atoms with Gasteiger partial charge in [0, 0.05) is 12.3 Å². The number of carbonyl (C=O) groups is 1. The molecule has 122 valence electrons. The van der Waals surface area contributed by atoms with E-state index >= 15 is 0 Å². The van der Waals surface area contributed by atoms with Crippen molar-refractivity contribution >= 4 is 47.4 Å². The lowest BCUT2D eigenvalue weighted by molar-refractivity contribution is -0.117. The highest BCUT2D eigenvalue weighted by atomic mass is 35.5. The number of H-pyrrole nitrogens is 1. The number of aromatic nitrogens is 2. The van der Waals surface area contributed by atoms with Crippen LogP contribution in [0.1, 0.15) is 31.7 Å². The Balaban J connectivity index is 0.00000121. The van der Waals surface area contributed by atoms with Gasteiger partial charge in [-0.1, -0.05) is 0 Å². The number of ether oxygens (including phenoxy) is 1. The number of carbonyl (C=O) groups excluding carboxylic acids is 1. The number of hydrogen-bond acceptors (Lipinski definition) is 4. The third-order valence-electron chi connectivity index (χ3n) is 3.42. The number of amides is 1. The van der Waals surface area contributed by atoms with Crippen molar-refractivity contribution in [3.8, 4) is 0 Å². The normalized spacial score (nSPS) is 18.4. The third kappa shape index (κ3) is 3.89. The number of fused-ring (bicyclic) bond motifs is 1. The zero-order chi connectivity index (χ0) is 14.1. The molecule has 3 rings (SSSR count). The molecule has 1 aliphatic rings. The zero-order valence-corrected chi connectivity index (χ0v) is 13.8. The van der Waals surface area contributed by atoms with Gasteiger partial charge >= 0.3 is 0 Å². The van der Waals surface area contributed by atoms with E-state index in [9.17, 15) is 4.79 Å². The SMILES string of the molecule is CC(N)C(=O)Nc1ccc2nc(C3CCCO3)[nH]c2c1.Cl.Cl. The summed E-state index contributed by atoms with van der Waals surface area (Å²) in [5.74, 6) is 0.649. The second kappa shape index (κ2) is 7.78. The molecule has 0 radical (unpaired) electrons. The highest BCUT2D eigenvalue weighted by molar-refractivity contribution is 5.96. The van der Waals surface area contributed by atoms with Crippen LogP contribution < -0.4 is 11.1 Å². The monoisotopic (exact) mass is 346 g/mol. The molecular weight excluding hydrogens is 327 g/mol. The summed E-state index contributed by atoms with van der Waals surface area (Å²) in [6.07, 6.45) is 2.12. The van der Waals surface area contributed by atoms with Crippen LogP contribution >= 0.6 is 24.8 Å². The maximum atomic E-state index is 11.6. The summed E-state index contributed by atoms with van der Waals surface area (Å²) in [7, 11) is 0. The molecule has 1 saturated heterocycles. The van der Waals surface area contributed by atoms with Crippen LogP contribution in [-0.2, 0) is 9.53 Å². The fourth-order valence-corrected chi connectivity index (χ4v) is 2.31. The summed E-state index contributed by atoms with van der Waals surface area (Å²) in [6.45, 7) is 2.44. The first kappa shape index (κ1) is 18.7. The van der Waals surface area contributed by atoms with E-state index in [4.69, 9.17) is 10.5 Å². The average Bonchev–Trinajstić information content (AvgIpc) is 3.06. The van der Waals surface area contributed by atoms with Crippen molar-refractivity contribution in [2.24, 2.45) is 5.73 Å². The molecule has 0 bridgehead atoms. The predicted octanol–water partition coefficient (Wildman–Crippen LogP) is 2.54. The molecule has 0 saturated carbocycles. The molecule has 22 heavy (non-hydrogen) atoms. The maximum Gasteiger partial charge on any atom is 0.240 e. The molecule has 2 aromatic rings. The molecule has 8 heteroatoms. The van der Waals surface area contributed by atoms with Crippen LogP contribution in [0.4, 0.5) is 5.69 Å². The van der Waals surface area contributed by atoms with Gasteiger partial charge in [-0.15, -0.1) is 24.8 Å². The first-order chi connectivity index (χ1) is 9.63. The van der Waals surface area contributed by atoms with Crippen molar-refractivity contribution in [3.63, 3.8) is 0 Å². The Morgan fingerprint density at radius 2 is 2.27 bits per heavy atom. The molecule has 0 spiro atoms. The number of nitrogens with zero attached hydrogens (tertiary/aromatic N) is 1. The molecule has 2 heterocycles. The molecule has 1 fully saturated rings. The summed E-state index contributed by atoms with van der Waals surface area (Å²) in [4.78, 5) is 19.4. The average molecular weight is 347 g/mol. The number of hydrogen-bond donors (Lipinski definition) is 3. The Labute approximate surface area is 141 Å². The van der Waals surface area contributed by atoms with Gasteiger partial charge in [-0.2, -0.15) is 0 Å². The Morgan fingerprint density at radius 3 is 2.91 bits per heavy atom. The number of halogens is 2. The minimum atomic E-state index is -0.532. The van der Waals surface area contributed by atoms with Crippen molar-refractivity contribution < 1.29 is 9.53 Å². The number of imidazole rings is 1. The first-order valence-electron chi connectivity index (χ1n) is 6.81. The van der Waals surface area contributed by atoms with E-state index in [1.807, 2.05) is 18.2 Å². The first-order valence-corrected chi connectivity index (χ1v) is 6.81. The van der Waals surface area contributed by atoms with Gasteiger partial charge in [0.05, 0.1) is 17.1 Å². The Kier molecular flexibility index (Phi) is 6.62. The van der Waals surface area contributed by atoms with Gasteiger partial charge < -0.3 is 20.8 Å². The number of nitrogens with one attached hydrogen (secondary N) is 2. The Morgan fingerprint density at radius 1 is 1.50 bits per heavy atom. The number of rotatable bonds is 3. The summed E-state index contributed by atoms with van der Waals surface area (Å²) < 4.78 is 5.61. The molecule has 1 aliphatic heterocycles. The summed E-state index contributed by atoms with van der Waals surface area (Å²) >= 11 is 0. The minimum absolute atomic E-state index is 0. The van der Waals surface area contributed by atoms with Crippen molar-refractivity contribution in [2.45, 2.75) is 31.9 Å². The lowest BCUT2D eigenvalue weighted by atomic mass is 10.2. The predicted molar refractivity (Wildman–Crippen MR) is 90.8 cm³/mol. The third-order valence-corrected chi connectivity index (χ3v) is 3.42. The van der Waals surface area contributed by atoms with Gasteiger partial charge in [-0.3, -0.25) is 4.79 Å². The van der Waals surface area contributed by atoms with Gasteiger partial charge in [-0.05, 0) is 38.0 Å². The van der Waals surface area contributed by atoms with Crippen molar-refractivity contribution in [3.05, 3.63) is 24.0 Å². The summed E-state index contributed by atoms with van der Waals surface area (Å²) in [6, 6.07) is 5.03. The molecule has 2 atom stereocenters. The van der Waals surface area contributed by atoms with Crippen LogP contribution in [0.2, 0.25) is 0 Å². The van der Waals surface area contributed by atoms with Crippen molar-refractivity contribution in [1.29, 1.82) is 0 Å². The highest BCUT2D eigenvalue weighted by Gasteiger charge is 2.21. The van der Waals surface area contributed by atoms with Crippen molar-refractivity contribution in [1.82, 2.24) is 9.97 Å². The molecule has 2 unspecified atom stereocenters. The number of anilines is 1. The molecule has 0 aliphatic carbocycles. The van der Waals surface area contributed by atoms with Crippen LogP contribution in [-0.4, -0.2) is 28.5 Å². The lowest BCUT2D eigenvalue weighted by Gasteiger charge is -2.07. The Hall–Kier alpha value is -1.34. The van der Waals surface area contributed by atoms with Gasteiger partial charge in [0.2, 0.25) is 5.91 Å². The molecule has 1 aromatic carbocycles. The minimum Gasteiger partial charge on any atom is -0.370 e. The standard InChI is InChI=1S/C14H18N4O2.2ClH/c1-8(15)14(19)16-9-4-5-10-11(7-9)18-13(17-10)12-3-2-6-20-12;;/h4-5,7-8,12H,2-3,6,15H2,1H3,(H,16,19)(H,17,18);2*1H. The van der Waals surface area contributed by atoms with E-state index in [0.717, 1.165) is 36.3 Å². The number of benzene rings is 1.